The maximum atomic E-state index is 12.8. The van der Waals surface area contributed by atoms with E-state index < -0.39 is 11.2 Å². The molecule has 0 spiro atoms. The van der Waals surface area contributed by atoms with Gasteiger partial charge in [0.1, 0.15) is 31.1 Å². The molecule has 0 saturated carbocycles. The van der Waals surface area contributed by atoms with Crippen LogP contribution in [0.4, 0.5) is 4.39 Å². The van der Waals surface area contributed by atoms with Crippen molar-refractivity contribution in [1.82, 2.24) is 4.98 Å². The average Bonchev–Trinajstić information content (AvgIpc) is 2.37. The van der Waals surface area contributed by atoms with Gasteiger partial charge in [0, 0.05) is 17.8 Å². The second-order valence-electron chi connectivity index (χ2n) is 3.53. The molecule has 0 aliphatic carbocycles. The van der Waals surface area contributed by atoms with Crippen molar-refractivity contribution in [3.63, 3.8) is 0 Å². The summed E-state index contributed by atoms with van der Waals surface area (Å²) in [6, 6.07) is 2.40. The summed E-state index contributed by atoms with van der Waals surface area (Å²) in [4.78, 5) is 15.2. The molecular formula is C12H10FNO4. The Bertz CT molecular complexity index is 597. The maximum Gasteiger partial charge on any atom is 0.227 e. The van der Waals surface area contributed by atoms with Gasteiger partial charge >= 0.3 is 0 Å². The first kappa shape index (κ1) is 12.3. The SMILES string of the molecule is O=c1cc(CO)occ1OCc1cncc(F)c1. The molecule has 0 aliphatic heterocycles. The first-order valence-electron chi connectivity index (χ1n) is 5.14. The van der Waals surface area contributed by atoms with Gasteiger partial charge in [0.15, 0.2) is 0 Å². The van der Waals surface area contributed by atoms with Crippen molar-refractivity contribution < 1.29 is 18.7 Å². The van der Waals surface area contributed by atoms with E-state index >= 15 is 0 Å². The van der Waals surface area contributed by atoms with Gasteiger partial charge in [0.05, 0.1) is 6.20 Å². The van der Waals surface area contributed by atoms with Crippen LogP contribution in [0.25, 0.3) is 0 Å². The fourth-order valence-corrected chi connectivity index (χ4v) is 1.32. The Morgan fingerprint density at radius 2 is 2.22 bits per heavy atom. The summed E-state index contributed by atoms with van der Waals surface area (Å²) < 4.78 is 23.0. The van der Waals surface area contributed by atoms with Gasteiger partial charge < -0.3 is 14.3 Å². The molecule has 0 bridgehead atoms. The standard InChI is InChI=1S/C12H10FNO4/c13-9-1-8(3-14-4-9)6-18-12-7-17-10(5-15)2-11(12)16/h1-4,7,15H,5-6H2. The van der Waals surface area contributed by atoms with E-state index in [1.54, 1.807) is 0 Å². The first-order valence-corrected chi connectivity index (χ1v) is 5.14. The largest absolute Gasteiger partial charge is 0.482 e. The number of halogens is 1. The molecule has 0 aliphatic rings. The highest BCUT2D eigenvalue weighted by molar-refractivity contribution is 5.18. The minimum absolute atomic E-state index is 0.00328. The van der Waals surface area contributed by atoms with E-state index in [4.69, 9.17) is 14.3 Å². The normalized spacial score (nSPS) is 10.3. The van der Waals surface area contributed by atoms with Crippen LogP contribution >= 0.6 is 0 Å². The van der Waals surface area contributed by atoms with E-state index in [0.29, 0.717) is 5.56 Å². The van der Waals surface area contributed by atoms with Crippen LogP contribution in [0.15, 0.2) is 40.0 Å². The summed E-state index contributed by atoms with van der Waals surface area (Å²) in [7, 11) is 0. The molecule has 5 nitrogen and oxygen atoms in total. The fraction of sp³-hybridized carbons (Fsp3) is 0.167. The Balaban J connectivity index is 2.09. The zero-order chi connectivity index (χ0) is 13.0. The number of aromatic nitrogens is 1. The Morgan fingerprint density at radius 3 is 2.89 bits per heavy atom. The summed E-state index contributed by atoms with van der Waals surface area (Å²) in [5, 5.41) is 8.77. The van der Waals surface area contributed by atoms with Gasteiger partial charge in [-0.1, -0.05) is 0 Å². The van der Waals surface area contributed by atoms with Gasteiger partial charge in [-0.2, -0.15) is 0 Å². The van der Waals surface area contributed by atoms with Crippen molar-refractivity contribution in [2.75, 3.05) is 0 Å². The molecule has 1 N–H and O–H groups in total. The summed E-state index contributed by atoms with van der Waals surface area (Å²) in [5.41, 5.74) is 0.0929. The van der Waals surface area contributed by atoms with E-state index in [-0.39, 0.29) is 24.7 Å². The molecular weight excluding hydrogens is 241 g/mol. The predicted molar refractivity (Wildman–Crippen MR) is 59.4 cm³/mol. The molecule has 18 heavy (non-hydrogen) atoms. The zero-order valence-corrected chi connectivity index (χ0v) is 9.30. The van der Waals surface area contributed by atoms with E-state index in [2.05, 4.69) is 4.98 Å². The molecule has 0 saturated heterocycles. The van der Waals surface area contributed by atoms with Crippen LogP contribution in [0.2, 0.25) is 0 Å². The molecule has 94 valence electrons. The Hall–Kier alpha value is -2.21. The van der Waals surface area contributed by atoms with Crippen LogP contribution in [0, 0.1) is 5.82 Å². The highest BCUT2D eigenvalue weighted by Gasteiger charge is 2.05. The summed E-state index contributed by atoms with van der Waals surface area (Å²) in [5.74, 6) is -0.324. The highest BCUT2D eigenvalue weighted by Crippen LogP contribution is 2.09. The van der Waals surface area contributed by atoms with Crippen LogP contribution in [-0.2, 0) is 13.2 Å². The van der Waals surface area contributed by atoms with E-state index in [1.165, 1.54) is 12.3 Å². The number of aliphatic hydroxyl groups is 1. The molecule has 2 rings (SSSR count). The third-order valence-electron chi connectivity index (χ3n) is 2.16. The van der Waals surface area contributed by atoms with Crippen LogP contribution in [0.5, 0.6) is 5.75 Å². The van der Waals surface area contributed by atoms with Crippen LogP contribution in [0.1, 0.15) is 11.3 Å². The van der Waals surface area contributed by atoms with Crippen LogP contribution < -0.4 is 10.2 Å². The lowest BCUT2D eigenvalue weighted by atomic mass is 10.3. The third kappa shape index (κ3) is 2.92. The second kappa shape index (κ2) is 5.42. The van der Waals surface area contributed by atoms with Crippen molar-refractivity contribution in [3.05, 3.63) is 58.2 Å². The monoisotopic (exact) mass is 251 g/mol. The van der Waals surface area contributed by atoms with E-state index in [9.17, 15) is 9.18 Å². The predicted octanol–water partition coefficient (Wildman–Crippen LogP) is 1.25. The van der Waals surface area contributed by atoms with Crippen molar-refractivity contribution in [2.45, 2.75) is 13.2 Å². The first-order chi connectivity index (χ1) is 8.69. The number of ether oxygens (including phenoxy) is 1. The molecule has 2 aromatic heterocycles. The number of hydrogen-bond donors (Lipinski definition) is 1. The van der Waals surface area contributed by atoms with Gasteiger partial charge in [-0.05, 0) is 6.07 Å². The summed E-state index contributed by atoms with van der Waals surface area (Å²) in [6.45, 7) is -0.350. The number of pyridine rings is 1. The number of nitrogens with zero attached hydrogens (tertiary/aromatic N) is 1. The Morgan fingerprint density at radius 1 is 1.39 bits per heavy atom. The van der Waals surface area contributed by atoms with Crippen molar-refractivity contribution in [1.29, 1.82) is 0 Å². The molecule has 0 aromatic carbocycles. The molecule has 0 radical (unpaired) electrons. The zero-order valence-electron chi connectivity index (χ0n) is 9.30. The van der Waals surface area contributed by atoms with E-state index in [1.807, 2.05) is 0 Å². The lowest BCUT2D eigenvalue weighted by molar-refractivity contribution is 0.236. The number of hydrogen-bond acceptors (Lipinski definition) is 5. The second-order valence-corrected chi connectivity index (χ2v) is 3.53. The highest BCUT2D eigenvalue weighted by atomic mass is 19.1. The topological polar surface area (TPSA) is 72.6 Å². The molecule has 0 atom stereocenters. The smallest absolute Gasteiger partial charge is 0.227 e. The average molecular weight is 251 g/mol. The van der Waals surface area contributed by atoms with Crippen LogP contribution in [0.3, 0.4) is 0 Å². The molecule has 0 amide bonds. The van der Waals surface area contributed by atoms with Gasteiger partial charge in [0.25, 0.3) is 0 Å². The van der Waals surface area contributed by atoms with Gasteiger partial charge in [-0.3, -0.25) is 9.78 Å². The van der Waals surface area contributed by atoms with Gasteiger partial charge in [-0.15, -0.1) is 0 Å². The molecule has 2 aromatic rings. The lowest BCUT2D eigenvalue weighted by Gasteiger charge is -2.05. The van der Waals surface area contributed by atoms with Gasteiger partial charge in [-0.25, -0.2) is 4.39 Å². The van der Waals surface area contributed by atoms with Crippen molar-refractivity contribution in [2.24, 2.45) is 0 Å². The molecule has 0 unspecified atom stereocenters. The summed E-state index contributed by atoms with van der Waals surface area (Å²) >= 11 is 0. The van der Waals surface area contributed by atoms with Crippen LogP contribution in [-0.4, -0.2) is 10.1 Å². The number of rotatable bonds is 4. The molecule has 2 heterocycles. The van der Waals surface area contributed by atoms with Crippen molar-refractivity contribution >= 4 is 0 Å². The Labute approximate surface area is 101 Å². The Kier molecular flexibility index (Phi) is 3.69. The summed E-state index contributed by atoms with van der Waals surface area (Å²) in [6.07, 6.45) is 3.63. The minimum Gasteiger partial charge on any atom is -0.482 e. The fourth-order valence-electron chi connectivity index (χ4n) is 1.32. The maximum absolute atomic E-state index is 12.8. The molecule has 6 heteroatoms. The third-order valence-corrected chi connectivity index (χ3v) is 2.16. The minimum atomic E-state index is -0.473. The van der Waals surface area contributed by atoms with E-state index in [0.717, 1.165) is 18.5 Å². The van der Waals surface area contributed by atoms with Gasteiger partial charge in [0.2, 0.25) is 11.2 Å². The van der Waals surface area contributed by atoms with Crippen molar-refractivity contribution in [3.8, 4) is 5.75 Å². The number of aliphatic hydroxyl groups excluding tert-OH is 1. The quantitative estimate of drug-likeness (QED) is 0.885. The molecule has 0 fully saturated rings. The lowest BCUT2D eigenvalue weighted by Crippen LogP contribution is -2.08.